The van der Waals surface area contributed by atoms with Gasteiger partial charge in [0.2, 0.25) is 5.91 Å². The van der Waals surface area contributed by atoms with E-state index in [0.29, 0.717) is 10.9 Å². The second-order valence-electron chi connectivity index (χ2n) is 7.27. The molecule has 2 N–H and O–H groups in total. The summed E-state index contributed by atoms with van der Waals surface area (Å²) in [6.45, 7) is 0. The van der Waals surface area contributed by atoms with E-state index in [2.05, 4.69) is 20.3 Å². The number of thioether (sulfide) groups is 2. The molecule has 0 aliphatic carbocycles. The Labute approximate surface area is 206 Å². The van der Waals surface area contributed by atoms with Crippen molar-refractivity contribution in [2.75, 3.05) is 11.1 Å². The van der Waals surface area contributed by atoms with Crippen LogP contribution in [0.5, 0.6) is 0 Å². The summed E-state index contributed by atoms with van der Waals surface area (Å²) in [6, 6.07) is 20.0. The molecule has 170 valence electrons. The predicted octanol–water partition coefficient (Wildman–Crippen LogP) is 6.10. The molecule has 0 saturated carbocycles. The highest BCUT2D eigenvalue weighted by atomic mass is 32.2. The first-order valence-corrected chi connectivity index (χ1v) is 13.0. The van der Waals surface area contributed by atoms with Crippen molar-refractivity contribution in [2.45, 2.75) is 15.2 Å². The molecular formula is C23H17N5O3S3. The fourth-order valence-corrected chi connectivity index (χ4v) is 5.98. The van der Waals surface area contributed by atoms with Crippen LogP contribution < -0.4 is 5.32 Å². The summed E-state index contributed by atoms with van der Waals surface area (Å²) >= 11 is 4.49. The first-order valence-electron chi connectivity index (χ1n) is 10.2. The van der Waals surface area contributed by atoms with Crippen molar-refractivity contribution in [1.29, 1.82) is 0 Å². The first-order chi connectivity index (χ1) is 16.5. The highest BCUT2D eigenvalue weighted by molar-refractivity contribution is 8.00. The smallest absolute Gasteiger partial charge is 0.269 e. The molecule has 0 aliphatic rings. The van der Waals surface area contributed by atoms with Gasteiger partial charge in [0.05, 0.1) is 31.9 Å². The molecule has 0 fully saturated rings. The van der Waals surface area contributed by atoms with Gasteiger partial charge < -0.3 is 10.3 Å². The Bertz CT molecular complexity index is 1460. The van der Waals surface area contributed by atoms with Gasteiger partial charge in [-0.15, -0.1) is 11.3 Å². The molecule has 2 aromatic heterocycles. The van der Waals surface area contributed by atoms with Crippen molar-refractivity contribution in [3.63, 3.8) is 0 Å². The Kier molecular flexibility index (Phi) is 6.48. The summed E-state index contributed by atoms with van der Waals surface area (Å²) in [6.07, 6.45) is 0. The van der Waals surface area contributed by atoms with E-state index in [-0.39, 0.29) is 17.3 Å². The molecule has 0 unspecified atom stereocenters. The zero-order chi connectivity index (χ0) is 23.5. The Morgan fingerprint density at radius 2 is 1.85 bits per heavy atom. The lowest BCUT2D eigenvalue weighted by atomic mass is 10.2. The van der Waals surface area contributed by atoms with Gasteiger partial charge in [-0.1, -0.05) is 47.8 Å². The fraction of sp³-hybridized carbons (Fsp3) is 0.0870. The molecule has 8 nitrogen and oxygen atoms in total. The van der Waals surface area contributed by atoms with Crippen LogP contribution in [0.3, 0.4) is 0 Å². The number of carbonyl (C=O) groups is 1. The van der Waals surface area contributed by atoms with Gasteiger partial charge >= 0.3 is 0 Å². The molecule has 0 aliphatic heterocycles. The molecule has 2 heterocycles. The van der Waals surface area contributed by atoms with Gasteiger partial charge in [-0.3, -0.25) is 14.9 Å². The minimum Gasteiger partial charge on any atom is -0.333 e. The quantitative estimate of drug-likeness (QED) is 0.148. The van der Waals surface area contributed by atoms with Gasteiger partial charge in [0.15, 0.2) is 9.50 Å². The zero-order valence-electron chi connectivity index (χ0n) is 17.6. The Balaban J connectivity index is 1.18. The number of benzene rings is 3. The molecule has 0 saturated heterocycles. The number of aromatic nitrogens is 3. The summed E-state index contributed by atoms with van der Waals surface area (Å²) in [7, 11) is 0. The largest absolute Gasteiger partial charge is 0.333 e. The average Bonchev–Trinajstić information content (AvgIpc) is 3.44. The number of nitrogens with zero attached hydrogens (tertiary/aromatic N) is 3. The van der Waals surface area contributed by atoms with E-state index in [1.165, 1.54) is 23.9 Å². The number of fused-ring (bicyclic) bond motifs is 2. The van der Waals surface area contributed by atoms with Gasteiger partial charge in [0.25, 0.3) is 5.69 Å². The first kappa shape index (κ1) is 22.4. The number of aromatic amines is 1. The van der Waals surface area contributed by atoms with Crippen molar-refractivity contribution in [3.8, 4) is 0 Å². The highest BCUT2D eigenvalue weighted by Crippen LogP contribution is 2.33. The zero-order valence-corrected chi connectivity index (χ0v) is 20.0. The van der Waals surface area contributed by atoms with E-state index in [0.717, 1.165) is 36.8 Å². The molecule has 5 aromatic rings. The lowest BCUT2D eigenvalue weighted by Gasteiger charge is -2.04. The van der Waals surface area contributed by atoms with Crippen LogP contribution in [0, 0.1) is 10.1 Å². The van der Waals surface area contributed by atoms with Gasteiger partial charge in [0.1, 0.15) is 0 Å². The number of para-hydroxylation sites is 2. The SMILES string of the molecule is O=C(CSc1nc2ccccc2[nH]1)Nc1ccc2nc(SCc3ccc([N+](=O)[O-])cc3)sc2c1. The minimum atomic E-state index is -0.404. The summed E-state index contributed by atoms with van der Waals surface area (Å²) < 4.78 is 1.88. The molecule has 3 aromatic carbocycles. The van der Waals surface area contributed by atoms with E-state index >= 15 is 0 Å². The fourth-order valence-electron chi connectivity index (χ4n) is 3.23. The van der Waals surface area contributed by atoms with Crippen LogP contribution in [0.2, 0.25) is 0 Å². The maximum Gasteiger partial charge on any atom is 0.269 e. The van der Waals surface area contributed by atoms with Crippen molar-refractivity contribution in [3.05, 3.63) is 82.4 Å². The maximum atomic E-state index is 12.4. The third kappa shape index (κ3) is 5.22. The number of nitro groups is 1. The molecule has 5 rings (SSSR count). The molecule has 0 spiro atoms. The number of nitro benzene ring substituents is 1. The van der Waals surface area contributed by atoms with E-state index in [1.54, 1.807) is 35.2 Å². The van der Waals surface area contributed by atoms with Gasteiger partial charge in [-0.25, -0.2) is 9.97 Å². The molecular weight excluding hydrogens is 490 g/mol. The van der Waals surface area contributed by atoms with Crippen LogP contribution >= 0.6 is 34.9 Å². The van der Waals surface area contributed by atoms with Crippen LogP contribution in [-0.4, -0.2) is 31.5 Å². The Hall–Kier alpha value is -3.41. The summed E-state index contributed by atoms with van der Waals surface area (Å²) in [5.41, 5.74) is 4.49. The third-order valence-corrected chi connectivity index (χ3v) is 7.98. The number of amides is 1. The van der Waals surface area contributed by atoms with Gasteiger partial charge in [-0.2, -0.15) is 0 Å². The number of carbonyl (C=O) groups excluding carboxylic acids is 1. The van der Waals surface area contributed by atoms with Crippen molar-refractivity contribution in [2.24, 2.45) is 0 Å². The molecule has 0 radical (unpaired) electrons. The van der Waals surface area contributed by atoms with Crippen LogP contribution in [0.4, 0.5) is 11.4 Å². The van der Waals surface area contributed by atoms with Crippen LogP contribution in [0.15, 0.2) is 76.2 Å². The van der Waals surface area contributed by atoms with E-state index in [4.69, 9.17) is 0 Å². The number of non-ortho nitro benzene ring substituents is 1. The second kappa shape index (κ2) is 9.84. The molecule has 1 amide bonds. The van der Waals surface area contributed by atoms with Crippen molar-refractivity contribution < 1.29 is 9.72 Å². The number of hydrogen-bond acceptors (Lipinski definition) is 8. The van der Waals surface area contributed by atoms with E-state index < -0.39 is 4.92 Å². The monoisotopic (exact) mass is 507 g/mol. The van der Waals surface area contributed by atoms with E-state index in [9.17, 15) is 14.9 Å². The Morgan fingerprint density at radius 3 is 2.65 bits per heavy atom. The number of hydrogen-bond donors (Lipinski definition) is 2. The van der Waals surface area contributed by atoms with Crippen molar-refractivity contribution in [1.82, 2.24) is 15.0 Å². The number of H-pyrrole nitrogens is 1. The van der Waals surface area contributed by atoms with Gasteiger partial charge in [0, 0.05) is 23.6 Å². The lowest BCUT2D eigenvalue weighted by Crippen LogP contribution is -2.13. The number of thiazole rings is 1. The number of rotatable bonds is 8. The minimum absolute atomic E-state index is 0.0827. The molecule has 0 bridgehead atoms. The normalized spacial score (nSPS) is 11.2. The maximum absolute atomic E-state index is 12.4. The Morgan fingerprint density at radius 1 is 1.03 bits per heavy atom. The second-order valence-corrected chi connectivity index (χ2v) is 10.5. The number of anilines is 1. The molecule has 0 atom stereocenters. The topological polar surface area (TPSA) is 114 Å². The van der Waals surface area contributed by atoms with Crippen molar-refractivity contribution >= 4 is 73.4 Å². The number of nitrogens with one attached hydrogen (secondary N) is 2. The summed E-state index contributed by atoms with van der Waals surface area (Å²) in [4.78, 5) is 35.1. The van der Waals surface area contributed by atoms with E-state index in [1.807, 2.05) is 42.5 Å². The van der Waals surface area contributed by atoms with Crippen LogP contribution in [-0.2, 0) is 10.5 Å². The summed E-state index contributed by atoms with van der Waals surface area (Å²) in [5.74, 6) is 0.805. The molecule has 34 heavy (non-hydrogen) atoms. The third-order valence-electron chi connectivity index (χ3n) is 4.87. The summed E-state index contributed by atoms with van der Waals surface area (Å²) in [5, 5.41) is 14.4. The van der Waals surface area contributed by atoms with Crippen LogP contribution in [0.1, 0.15) is 5.56 Å². The van der Waals surface area contributed by atoms with Gasteiger partial charge in [-0.05, 0) is 35.9 Å². The number of imidazole rings is 1. The molecule has 11 heteroatoms. The average molecular weight is 508 g/mol. The standard InChI is InChI=1S/C23H17N5O3S3/c29-21(13-32-22-25-17-3-1-2-4-18(17)26-22)24-15-7-10-19-20(11-15)34-23(27-19)33-12-14-5-8-16(9-6-14)28(30)31/h1-11H,12-13H2,(H,24,29)(H,25,26). The predicted molar refractivity (Wildman–Crippen MR) is 138 cm³/mol. The highest BCUT2D eigenvalue weighted by Gasteiger charge is 2.10. The van der Waals surface area contributed by atoms with Crippen LogP contribution in [0.25, 0.3) is 21.3 Å². The lowest BCUT2D eigenvalue weighted by molar-refractivity contribution is -0.384.